The SMILES string of the molecule is COc1cc(C(=O)CC2=C/C=C\C=C/C=C\2)ccc1OCCCCOc1c(F)c(F)c(F)c(F)c1F. The molecule has 0 saturated carbocycles. The Hall–Kier alpha value is -3.88. The predicted molar refractivity (Wildman–Crippen MR) is 124 cm³/mol. The summed E-state index contributed by atoms with van der Waals surface area (Å²) in [6.07, 6.45) is 13.8. The molecule has 0 amide bonds. The first-order chi connectivity index (χ1) is 17.3. The zero-order valence-electron chi connectivity index (χ0n) is 19.3. The van der Waals surface area contributed by atoms with Gasteiger partial charge in [0, 0.05) is 12.0 Å². The van der Waals surface area contributed by atoms with Crippen LogP contribution in [0.5, 0.6) is 17.2 Å². The Morgan fingerprint density at radius 2 is 1.36 bits per heavy atom. The Morgan fingerprint density at radius 1 is 0.750 bits per heavy atom. The van der Waals surface area contributed by atoms with E-state index < -0.39 is 34.8 Å². The van der Waals surface area contributed by atoms with Crippen molar-refractivity contribution in [3.05, 3.63) is 101 Å². The van der Waals surface area contributed by atoms with E-state index in [0.29, 0.717) is 23.5 Å². The van der Waals surface area contributed by atoms with Crippen molar-refractivity contribution in [3.63, 3.8) is 0 Å². The molecular formula is C27H23F5O4. The monoisotopic (exact) mass is 506 g/mol. The number of benzene rings is 2. The molecule has 0 heterocycles. The van der Waals surface area contributed by atoms with Gasteiger partial charge in [0.25, 0.3) is 0 Å². The molecule has 0 radical (unpaired) electrons. The van der Waals surface area contributed by atoms with Crippen LogP contribution < -0.4 is 14.2 Å². The van der Waals surface area contributed by atoms with Gasteiger partial charge in [-0.3, -0.25) is 4.79 Å². The van der Waals surface area contributed by atoms with Crippen LogP contribution in [0.3, 0.4) is 0 Å². The molecule has 9 heteroatoms. The van der Waals surface area contributed by atoms with Crippen LogP contribution in [0.25, 0.3) is 0 Å². The fourth-order valence-electron chi connectivity index (χ4n) is 3.24. The molecule has 0 aliphatic heterocycles. The summed E-state index contributed by atoms with van der Waals surface area (Å²) in [6, 6.07) is 4.80. The van der Waals surface area contributed by atoms with Crippen molar-refractivity contribution in [2.24, 2.45) is 0 Å². The highest BCUT2D eigenvalue weighted by molar-refractivity contribution is 5.98. The van der Waals surface area contributed by atoms with Crippen molar-refractivity contribution < 1.29 is 41.0 Å². The minimum absolute atomic E-state index is 0.0982. The molecule has 190 valence electrons. The van der Waals surface area contributed by atoms with E-state index in [4.69, 9.17) is 14.2 Å². The number of unbranched alkanes of at least 4 members (excludes halogenated alkanes) is 1. The van der Waals surface area contributed by atoms with Crippen molar-refractivity contribution in [1.29, 1.82) is 0 Å². The van der Waals surface area contributed by atoms with Gasteiger partial charge in [0.05, 0.1) is 20.3 Å². The van der Waals surface area contributed by atoms with Crippen LogP contribution in [-0.2, 0) is 0 Å². The summed E-state index contributed by atoms with van der Waals surface area (Å²) >= 11 is 0. The Morgan fingerprint density at radius 3 is 2.06 bits per heavy atom. The van der Waals surface area contributed by atoms with Gasteiger partial charge >= 0.3 is 0 Å². The second-order valence-electron chi connectivity index (χ2n) is 7.64. The molecule has 0 saturated heterocycles. The van der Waals surface area contributed by atoms with Crippen molar-refractivity contribution in [2.75, 3.05) is 20.3 Å². The summed E-state index contributed by atoms with van der Waals surface area (Å²) < 4.78 is 82.5. The predicted octanol–water partition coefficient (Wildman–Crippen LogP) is 6.81. The van der Waals surface area contributed by atoms with Crippen LogP contribution >= 0.6 is 0 Å². The van der Waals surface area contributed by atoms with Gasteiger partial charge < -0.3 is 14.2 Å². The zero-order chi connectivity index (χ0) is 26.1. The van der Waals surface area contributed by atoms with Crippen LogP contribution in [0.2, 0.25) is 0 Å². The summed E-state index contributed by atoms with van der Waals surface area (Å²) in [5.74, 6) is -11.1. The number of allylic oxidation sites excluding steroid dienone is 8. The fourth-order valence-corrected chi connectivity index (χ4v) is 3.24. The number of ether oxygens (including phenoxy) is 3. The molecule has 0 bridgehead atoms. The van der Waals surface area contributed by atoms with Crippen molar-refractivity contribution in [3.8, 4) is 17.2 Å². The lowest BCUT2D eigenvalue weighted by Gasteiger charge is -2.13. The van der Waals surface area contributed by atoms with Gasteiger partial charge in [0.2, 0.25) is 29.1 Å². The van der Waals surface area contributed by atoms with Gasteiger partial charge in [-0.15, -0.1) is 0 Å². The molecular weight excluding hydrogens is 483 g/mol. The summed E-state index contributed by atoms with van der Waals surface area (Å²) in [6.45, 7) is -0.136. The first-order valence-corrected chi connectivity index (χ1v) is 11.0. The van der Waals surface area contributed by atoms with Gasteiger partial charge in [0.1, 0.15) is 0 Å². The highest BCUT2D eigenvalue weighted by Crippen LogP contribution is 2.30. The number of Topliss-reactive ketones (excluding diaryl/α,β-unsaturated/α-hetero) is 1. The van der Waals surface area contributed by atoms with Crippen molar-refractivity contribution >= 4 is 5.78 Å². The smallest absolute Gasteiger partial charge is 0.206 e. The van der Waals surface area contributed by atoms with Crippen LogP contribution in [0.4, 0.5) is 22.0 Å². The van der Waals surface area contributed by atoms with E-state index in [1.165, 1.54) is 7.11 Å². The van der Waals surface area contributed by atoms with Crippen molar-refractivity contribution in [1.82, 2.24) is 0 Å². The topological polar surface area (TPSA) is 44.8 Å². The van der Waals surface area contributed by atoms with Crippen LogP contribution in [0.15, 0.2) is 66.3 Å². The largest absolute Gasteiger partial charge is 0.493 e. The van der Waals surface area contributed by atoms with Crippen LogP contribution in [0, 0.1) is 29.1 Å². The maximum absolute atomic E-state index is 13.6. The number of hydrogen-bond acceptors (Lipinski definition) is 4. The quantitative estimate of drug-likeness (QED) is 0.110. The molecule has 0 spiro atoms. The summed E-state index contributed by atoms with van der Waals surface area (Å²) in [5, 5.41) is 0. The second-order valence-corrected chi connectivity index (χ2v) is 7.64. The third kappa shape index (κ3) is 6.62. The summed E-state index contributed by atoms with van der Waals surface area (Å²) in [7, 11) is 1.44. The fraction of sp³-hybridized carbons (Fsp3) is 0.222. The van der Waals surface area contributed by atoms with E-state index in [1.807, 2.05) is 42.5 Å². The Balaban J connectivity index is 1.51. The molecule has 2 aromatic carbocycles. The minimum Gasteiger partial charge on any atom is -0.493 e. The van der Waals surface area contributed by atoms with Gasteiger partial charge in [-0.05, 0) is 36.6 Å². The zero-order valence-corrected chi connectivity index (χ0v) is 19.3. The number of methoxy groups -OCH3 is 1. The highest BCUT2D eigenvalue weighted by Gasteiger charge is 2.26. The minimum atomic E-state index is -2.24. The third-order valence-corrected chi connectivity index (χ3v) is 5.13. The highest BCUT2D eigenvalue weighted by atomic mass is 19.2. The van der Waals surface area contributed by atoms with Crippen LogP contribution in [-0.4, -0.2) is 26.1 Å². The van der Waals surface area contributed by atoms with E-state index in [2.05, 4.69) is 0 Å². The lowest BCUT2D eigenvalue weighted by molar-refractivity contribution is 0.0993. The molecule has 36 heavy (non-hydrogen) atoms. The normalized spacial score (nSPS) is 16.8. The second kappa shape index (κ2) is 12.7. The molecule has 0 N–H and O–H groups in total. The number of carbonyl (C=O) groups excluding carboxylic acids is 1. The van der Waals surface area contributed by atoms with Gasteiger partial charge in [-0.1, -0.05) is 42.5 Å². The lowest BCUT2D eigenvalue weighted by Crippen LogP contribution is -2.09. The number of rotatable bonds is 11. The molecule has 0 aromatic heterocycles. The third-order valence-electron chi connectivity index (χ3n) is 5.13. The van der Waals surface area contributed by atoms with E-state index in [1.54, 1.807) is 18.2 Å². The van der Waals surface area contributed by atoms with E-state index in [-0.39, 0.29) is 31.8 Å². The first-order valence-electron chi connectivity index (χ1n) is 11.0. The number of halogens is 5. The molecule has 0 fully saturated rings. The molecule has 0 unspecified atom stereocenters. The summed E-state index contributed by atoms with van der Waals surface area (Å²) in [5.41, 5.74) is 1.30. The van der Waals surface area contributed by atoms with Crippen molar-refractivity contribution in [2.45, 2.75) is 19.3 Å². The van der Waals surface area contributed by atoms with Gasteiger partial charge in [0.15, 0.2) is 23.0 Å². The maximum atomic E-state index is 13.6. The number of carbonyl (C=O) groups is 1. The molecule has 1 aliphatic rings. The molecule has 4 nitrogen and oxygen atoms in total. The van der Waals surface area contributed by atoms with Gasteiger partial charge in [-0.25, -0.2) is 13.2 Å². The van der Waals surface area contributed by atoms with E-state index in [0.717, 1.165) is 5.57 Å². The standard InChI is InChI=1S/C27H23F5O4/c1-34-21-16-18(19(33)15-17-9-5-3-2-4-6-10-17)11-12-20(21)35-13-7-8-14-36-27-25(31)23(29)22(28)24(30)26(27)32/h2-6,9-12,16H,7-8,13-15H2,1H3/b3-2-,4-2?,5-3?,6-4-,9-5-,10-6?,17-9?,17-10+. The number of ketones is 1. The average Bonchev–Trinajstić information content (AvgIpc) is 2.86. The Bertz CT molecular complexity index is 1200. The van der Waals surface area contributed by atoms with E-state index >= 15 is 0 Å². The number of hydrogen-bond donors (Lipinski definition) is 0. The Kier molecular flexibility index (Phi) is 9.44. The van der Waals surface area contributed by atoms with E-state index in [9.17, 15) is 26.7 Å². The lowest BCUT2D eigenvalue weighted by atomic mass is 10.0. The maximum Gasteiger partial charge on any atom is 0.206 e. The molecule has 1 aliphatic carbocycles. The molecule has 2 aromatic rings. The molecule has 3 rings (SSSR count). The Labute approximate surface area is 205 Å². The molecule has 0 atom stereocenters. The summed E-state index contributed by atoms with van der Waals surface area (Å²) in [4.78, 5) is 12.7. The average molecular weight is 506 g/mol. The first kappa shape index (κ1) is 26.7. The van der Waals surface area contributed by atoms with Gasteiger partial charge in [-0.2, -0.15) is 8.78 Å². The van der Waals surface area contributed by atoms with Crippen LogP contribution in [0.1, 0.15) is 29.6 Å².